The van der Waals surface area contributed by atoms with Gasteiger partial charge in [0.25, 0.3) is 0 Å². The predicted octanol–water partition coefficient (Wildman–Crippen LogP) is 5.31. The van der Waals surface area contributed by atoms with Crippen LogP contribution in [0, 0.1) is 18.3 Å². The van der Waals surface area contributed by atoms with Crippen LogP contribution in [0.5, 0.6) is 0 Å². The third kappa shape index (κ3) is 5.01. The van der Waals surface area contributed by atoms with Crippen LogP contribution < -0.4 is 0 Å². The van der Waals surface area contributed by atoms with Gasteiger partial charge in [0.15, 0.2) is 5.76 Å². The third-order valence-electron chi connectivity index (χ3n) is 4.06. The molecule has 0 aliphatic carbocycles. The monoisotopic (exact) mass is 383 g/mol. The molecule has 0 aliphatic heterocycles. The molecule has 0 N–H and O–H groups in total. The van der Waals surface area contributed by atoms with E-state index in [-0.39, 0.29) is 11.2 Å². The molecule has 0 unspecified atom stereocenters. The molecule has 0 fully saturated rings. The van der Waals surface area contributed by atoms with Crippen molar-refractivity contribution in [1.82, 2.24) is 9.78 Å². The van der Waals surface area contributed by atoms with Gasteiger partial charge in [-0.1, -0.05) is 52.0 Å². The SMILES string of the molecule is CCSC(=O)O/C(=C(\C#N)c1ccc(C(C)(C)C)cc1)c1cc(C)nn1C. The van der Waals surface area contributed by atoms with Crippen molar-refractivity contribution in [2.45, 2.75) is 40.0 Å². The minimum atomic E-state index is -0.439. The Kier molecular flexibility index (Phi) is 6.50. The van der Waals surface area contributed by atoms with Crippen LogP contribution in [0.15, 0.2) is 30.3 Å². The molecule has 1 aromatic carbocycles. The Morgan fingerprint density at radius 3 is 2.37 bits per heavy atom. The van der Waals surface area contributed by atoms with Gasteiger partial charge in [-0.05, 0) is 41.3 Å². The van der Waals surface area contributed by atoms with Crippen molar-refractivity contribution < 1.29 is 9.53 Å². The van der Waals surface area contributed by atoms with Gasteiger partial charge in [0.05, 0.1) is 5.69 Å². The Balaban J connectivity index is 2.60. The Morgan fingerprint density at radius 1 is 1.30 bits per heavy atom. The fraction of sp³-hybridized carbons (Fsp3) is 0.381. The van der Waals surface area contributed by atoms with E-state index >= 15 is 0 Å². The number of ether oxygens (including phenoxy) is 1. The second-order valence-electron chi connectivity index (χ2n) is 7.22. The van der Waals surface area contributed by atoms with Gasteiger partial charge in [-0.15, -0.1) is 0 Å². The van der Waals surface area contributed by atoms with E-state index in [0.717, 1.165) is 17.5 Å². The fourth-order valence-corrected chi connectivity index (χ4v) is 3.05. The topological polar surface area (TPSA) is 67.9 Å². The summed E-state index contributed by atoms with van der Waals surface area (Å²) >= 11 is 1.06. The van der Waals surface area contributed by atoms with Gasteiger partial charge in [0.2, 0.25) is 0 Å². The van der Waals surface area contributed by atoms with Gasteiger partial charge >= 0.3 is 5.30 Å². The van der Waals surface area contributed by atoms with E-state index in [4.69, 9.17) is 4.74 Å². The smallest absolute Gasteiger partial charge is 0.372 e. The van der Waals surface area contributed by atoms with E-state index in [0.29, 0.717) is 22.6 Å². The number of hydrogen-bond donors (Lipinski definition) is 0. The van der Waals surface area contributed by atoms with Gasteiger partial charge in [-0.3, -0.25) is 4.68 Å². The minimum absolute atomic E-state index is 0.0151. The minimum Gasteiger partial charge on any atom is -0.415 e. The molecule has 27 heavy (non-hydrogen) atoms. The average Bonchev–Trinajstić information content (AvgIpc) is 2.92. The number of hydrogen-bond acceptors (Lipinski definition) is 5. The number of allylic oxidation sites excluding steroid dienone is 1. The molecule has 1 aromatic heterocycles. The quantitative estimate of drug-likeness (QED) is 0.407. The Labute approximate surface area is 165 Å². The molecule has 5 nitrogen and oxygen atoms in total. The number of carbonyl (C=O) groups excluding carboxylic acids is 1. The van der Waals surface area contributed by atoms with Crippen molar-refractivity contribution in [3.63, 3.8) is 0 Å². The van der Waals surface area contributed by atoms with Crippen molar-refractivity contribution in [2.75, 3.05) is 5.75 Å². The number of benzene rings is 1. The van der Waals surface area contributed by atoms with Gasteiger partial charge in [-0.2, -0.15) is 10.4 Å². The molecule has 2 rings (SSSR count). The molecule has 0 amide bonds. The van der Waals surface area contributed by atoms with Crippen molar-refractivity contribution >= 4 is 28.4 Å². The summed E-state index contributed by atoms with van der Waals surface area (Å²) < 4.78 is 7.22. The molecular formula is C21H25N3O2S. The molecule has 142 valence electrons. The maximum absolute atomic E-state index is 12.1. The van der Waals surface area contributed by atoms with Gasteiger partial charge in [0.1, 0.15) is 17.3 Å². The van der Waals surface area contributed by atoms with E-state index in [1.54, 1.807) is 17.8 Å². The molecule has 0 saturated heterocycles. The van der Waals surface area contributed by atoms with E-state index in [2.05, 4.69) is 31.9 Å². The highest BCUT2D eigenvalue weighted by Crippen LogP contribution is 2.31. The van der Waals surface area contributed by atoms with Gasteiger partial charge in [0, 0.05) is 12.8 Å². The lowest BCUT2D eigenvalue weighted by molar-refractivity contribution is 0.219. The molecule has 6 heteroatoms. The normalized spacial score (nSPS) is 12.3. The fourth-order valence-electron chi connectivity index (χ4n) is 2.67. The van der Waals surface area contributed by atoms with Crippen LogP contribution in [0.4, 0.5) is 4.79 Å². The highest BCUT2D eigenvalue weighted by molar-refractivity contribution is 8.13. The van der Waals surface area contributed by atoms with Crippen molar-refractivity contribution in [2.24, 2.45) is 7.05 Å². The highest BCUT2D eigenvalue weighted by atomic mass is 32.2. The summed E-state index contributed by atoms with van der Waals surface area (Å²) in [5.41, 5.74) is 3.57. The Hall–Kier alpha value is -2.52. The molecule has 0 bridgehead atoms. The van der Waals surface area contributed by atoms with Crippen LogP contribution >= 0.6 is 11.8 Å². The van der Waals surface area contributed by atoms with E-state index in [1.165, 1.54) is 5.56 Å². The number of rotatable bonds is 4. The van der Waals surface area contributed by atoms with Gasteiger partial charge in [-0.25, -0.2) is 4.79 Å². The highest BCUT2D eigenvalue weighted by Gasteiger charge is 2.21. The molecule has 0 spiro atoms. The molecular weight excluding hydrogens is 358 g/mol. The first-order valence-corrected chi connectivity index (χ1v) is 9.76. The predicted molar refractivity (Wildman–Crippen MR) is 110 cm³/mol. The standard InChI is InChI=1S/C21H25N3O2S/c1-7-27-20(25)26-19(18-12-14(2)23-24(18)6)17(13-22)15-8-10-16(11-9-15)21(3,4)5/h8-12H,7H2,1-6H3/b19-17+. The first-order chi connectivity index (χ1) is 12.7. The number of aromatic nitrogens is 2. The second-order valence-corrected chi connectivity index (χ2v) is 8.42. The number of carbonyl (C=O) groups is 1. The lowest BCUT2D eigenvalue weighted by Crippen LogP contribution is -2.10. The summed E-state index contributed by atoms with van der Waals surface area (Å²) in [6.45, 7) is 10.1. The summed E-state index contributed by atoms with van der Waals surface area (Å²) in [5.74, 6) is 0.827. The largest absolute Gasteiger partial charge is 0.415 e. The molecule has 0 aliphatic rings. The van der Waals surface area contributed by atoms with Crippen LogP contribution in [0.2, 0.25) is 0 Å². The molecule has 1 heterocycles. The van der Waals surface area contributed by atoms with Crippen molar-refractivity contribution in [1.29, 1.82) is 5.26 Å². The lowest BCUT2D eigenvalue weighted by atomic mass is 9.86. The molecule has 0 saturated carbocycles. The molecule has 0 atom stereocenters. The zero-order valence-corrected chi connectivity index (χ0v) is 17.5. The van der Waals surface area contributed by atoms with Crippen LogP contribution in [-0.2, 0) is 17.2 Å². The van der Waals surface area contributed by atoms with Crippen LogP contribution in [0.25, 0.3) is 11.3 Å². The van der Waals surface area contributed by atoms with E-state index in [1.807, 2.05) is 38.1 Å². The molecule has 0 radical (unpaired) electrons. The maximum Gasteiger partial charge on any atom is 0.372 e. The summed E-state index contributed by atoms with van der Waals surface area (Å²) in [6, 6.07) is 11.8. The Morgan fingerprint density at radius 2 is 1.93 bits per heavy atom. The number of nitrogens with zero attached hydrogens (tertiary/aromatic N) is 3. The lowest BCUT2D eigenvalue weighted by Gasteiger charge is -2.19. The van der Waals surface area contributed by atoms with E-state index in [9.17, 15) is 10.1 Å². The zero-order valence-electron chi connectivity index (χ0n) is 16.7. The zero-order chi connectivity index (χ0) is 20.2. The van der Waals surface area contributed by atoms with Gasteiger partial charge < -0.3 is 4.74 Å². The summed E-state index contributed by atoms with van der Waals surface area (Å²) in [6.07, 6.45) is 0. The van der Waals surface area contributed by atoms with Crippen molar-refractivity contribution in [3.8, 4) is 6.07 Å². The van der Waals surface area contributed by atoms with Crippen LogP contribution in [-0.4, -0.2) is 20.8 Å². The molecule has 2 aromatic rings. The first kappa shape index (κ1) is 20.8. The Bertz CT molecular complexity index is 897. The average molecular weight is 384 g/mol. The first-order valence-electron chi connectivity index (χ1n) is 8.78. The summed E-state index contributed by atoms with van der Waals surface area (Å²) in [4.78, 5) is 12.1. The number of thioether (sulfide) groups is 1. The summed E-state index contributed by atoms with van der Waals surface area (Å²) in [7, 11) is 1.76. The van der Waals surface area contributed by atoms with Crippen LogP contribution in [0.1, 0.15) is 50.2 Å². The third-order valence-corrected chi connectivity index (χ3v) is 4.67. The van der Waals surface area contributed by atoms with Crippen LogP contribution in [0.3, 0.4) is 0 Å². The summed E-state index contributed by atoms with van der Waals surface area (Å²) in [5, 5.41) is 13.7. The number of nitriles is 1. The maximum atomic E-state index is 12.1. The number of aryl methyl sites for hydroxylation is 2. The van der Waals surface area contributed by atoms with Crippen molar-refractivity contribution in [3.05, 3.63) is 52.8 Å². The van der Waals surface area contributed by atoms with E-state index < -0.39 is 5.30 Å². The second kappa shape index (κ2) is 8.45.